The molecule has 0 aliphatic heterocycles. The van der Waals surface area contributed by atoms with E-state index in [-0.39, 0.29) is 5.91 Å². The number of carbonyl (C=O) groups is 1. The highest BCUT2D eigenvalue weighted by Gasteiger charge is 2.20. The number of nitrogens with one attached hydrogen (secondary N) is 1. The van der Waals surface area contributed by atoms with Crippen LogP contribution in [0, 0.1) is 19.8 Å². The molecule has 2 heterocycles. The highest BCUT2D eigenvalue weighted by atomic mass is 32.1. The van der Waals surface area contributed by atoms with Gasteiger partial charge in [0.1, 0.15) is 0 Å². The molecule has 0 radical (unpaired) electrons. The quantitative estimate of drug-likeness (QED) is 0.639. The number of hydrogen-bond donors (Lipinski definition) is 1. The lowest BCUT2D eigenvalue weighted by Crippen LogP contribution is -2.27. The molecule has 1 aliphatic rings. The minimum atomic E-state index is 0.0185. The van der Waals surface area contributed by atoms with Gasteiger partial charge in [0.05, 0.1) is 22.0 Å². The Morgan fingerprint density at radius 2 is 2.15 bits per heavy atom. The van der Waals surface area contributed by atoms with Crippen molar-refractivity contribution in [2.75, 3.05) is 6.54 Å². The third-order valence-corrected chi connectivity index (χ3v) is 5.98. The maximum absolute atomic E-state index is 12.7. The molecule has 0 unspecified atom stereocenters. The van der Waals surface area contributed by atoms with Gasteiger partial charge in [-0.1, -0.05) is 25.5 Å². The van der Waals surface area contributed by atoms with Crippen LogP contribution in [0.3, 0.4) is 0 Å². The molecular formula is C22H31N3OS. The van der Waals surface area contributed by atoms with Crippen molar-refractivity contribution in [1.82, 2.24) is 14.9 Å². The van der Waals surface area contributed by atoms with Gasteiger partial charge in [-0.2, -0.15) is 0 Å². The van der Waals surface area contributed by atoms with E-state index in [1.54, 1.807) is 16.9 Å². The van der Waals surface area contributed by atoms with Gasteiger partial charge in [-0.3, -0.25) is 4.79 Å². The molecule has 0 bridgehead atoms. The van der Waals surface area contributed by atoms with Gasteiger partial charge in [-0.05, 0) is 57.9 Å². The van der Waals surface area contributed by atoms with Crippen LogP contribution in [0.1, 0.15) is 67.0 Å². The smallest absolute Gasteiger partial charge is 0.253 e. The third kappa shape index (κ3) is 4.89. The number of hydrogen-bond acceptors (Lipinski definition) is 3. The van der Waals surface area contributed by atoms with Gasteiger partial charge in [0.15, 0.2) is 0 Å². The van der Waals surface area contributed by atoms with Gasteiger partial charge < -0.3 is 9.88 Å². The molecule has 0 spiro atoms. The highest BCUT2D eigenvalue weighted by Crippen LogP contribution is 2.29. The molecule has 27 heavy (non-hydrogen) atoms. The predicted octanol–water partition coefficient (Wildman–Crippen LogP) is 5.50. The Morgan fingerprint density at radius 3 is 2.78 bits per heavy atom. The number of amides is 1. The lowest BCUT2D eigenvalue weighted by atomic mass is 9.97. The maximum atomic E-state index is 12.7. The summed E-state index contributed by atoms with van der Waals surface area (Å²) in [5.74, 6) is 0.459. The van der Waals surface area contributed by atoms with Gasteiger partial charge >= 0.3 is 0 Å². The first-order valence-corrected chi connectivity index (χ1v) is 10.9. The first-order chi connectivity index (χ1) is 13.0. The average Bonchev–Trinajstić information content (AvgIpc) is 3.22. The number of aromatic nitrogens is 2. The second kappa shape index (κ2) is 8.87. The van der Waals surface area contributed by atoms with Crippen molar-refractivity contribution in [2.45, 2.75) is 66.3 Å². The zero-order valence-corrected chi connectivity index (χ0v) is 17.8. The van der Waals surface area contributed by atoms with E-state index in [1.807, 2.05) is 13.0 Å². The number of rotatable bonds is 7. The molecule has 0 saturated heterocycles. The third-order valence-electron chi connectivity index (χ3n) is 5.21. The second-order valence-corrected chi connectivity index (χ2v) is 8.96. The number of nitrogens with zero attached hydrogens (tertiary/aromatic N) is 2. The summed E-state index contributed by atoms with van der Waals surface area (Å²) in [6.07, 6.45) is 8.51. The Morgan fingerprint density at radius 1 is 1.33 bits per heavy atom. The standard InChI is InChI=1S/C22H31N3OS/c1-15(2)13-23-22(26)19-12-21(20-14-27-17(4)24-20)25(16(19)3)11-10-18-8-6-5-7-9-18/h8,12,14-15H,5-7,9-11,13H2,1-4H3,(H,23,26). The molecule has 5 heteroatoms. The van der Waals surface area contributed by atoms with Crippen molar-refractivity contribution < 1.29 is 4.79 Å². The lowest BCUT2D eigenvalue weighted by Gasteiger charge is -2.16. The zero-order chi connectivity index (χ0) is 19.4. The molecule has 1 N–H and O–H groups in total. The monoisotopic (exact) mass is 385 g/mol. The van der Waals surface area contributed by atoms with Crippen LogP contribution >= 0.6 is 11.3 Å². The predicted molar refractivity (Wildman–Crippen MR) is 113 cm³/mol. The summed E-state index contributed by atoms with van der Waals surface area (Å²) in [7, 11) is 0. The fraction of sp³-hybridized carbons (Fsp3) is 0.545. The summed E-state index contributed by atoms with van der Waals surface area (Å²) in [5.41, 5.74) is 5.40. The van der Waals surface area contributed by atoms with Gasteiger partial charge in [0, 0.05) is 24.2 Å². The number of allylic oxidation sites excluding steroid dienone is 2. The van der Waals surface area contributed by atoms with Crippen LogP contribution < -0.4 is 5.32 Å². The van der Waals surface area contributed by atoms with Crippen molar-refractivity contribution in [3.63, 3.8) is 0 Å². The van der Waals surface area contributed by atoms with Crippen molar-refractivity contribution >= 4 is 17.2 Å². The van der Waals surface area contributed by atoms with E-state index in [0.717, 1.165) is 40.6 Å². The van der Waals surface area contributed by atoms with Crippen LogP contribution in [0.15, 0.2) is 23.1 Å². The normalized spacial score (nSPS) is 14.5. The molecule has 146 valence electrons. The molecule has 0 saturated carbocycles. The minimum Gasteiger partial charge on any atom is -0.352 e. The topological polar surface area (TPSA) is 46.9 Å². The summed E-state index contributed by atoms with van der Waals surface area (Å²) in [6, 6.07) is 2.02. The summed E-state index contributed by atoms with van der Waals surface area (Å²) < 4.78 is 2.29. The fourth-order valence-corrected chi connectivity index (χ4v) is 4.24. The lowest BCUT2D eigenvalue weighted by molar-refractivity contribution is 0.0948. The Labute approximate surface area is 166 Å². The van der Waals surface area contributed by atoms with Gasteiger partial charge in [-0.15, -0.1) is 11.3 Å². The Kier molecular flexibility index (Phi) is 6.53. The van der Waals surface area contributed by atoms with E-state index in [2.05, 4.69) is 47.1 Å². The first kappa shape index (κ1) is 19.9. The minimum absolute atomic E-state index is 0.0185. The number of thiazole rings is 1. The Balaban J connectivity index is 1.88. The fourth-order valence-electron chi connectivity index (χ4n) is 3.64. The first-order valence-electron chi connectivity index (χ1n) is 10.0. The van der Waals surface area contributed by atoms with Crippen LogP contribution in [-0.2, 0) is 6.54 Å². The molecule has 4 nitrogen and oxygen atoms in total. The summed E-state index contributed by atoms with van der Waals surface area (Å²) in [4.78, 5) is 17.4. The molecule has 3 rings (SSSR count). The van der Waals surface area contributed by atoms with Crippen LogP contribution in [0.2, 0.25) is 0 Å². The van der Waals surface area contributed by atoms with Crippen LogP contribution in [0.4, 0.5) is 0 Å². The van der Waals surface area contributed by atoms with Crippen molar-refractivity contribution in [3.8, 4) is 11.4 Å². The van der Waals surface area contributed by atoms with Gasteiger partial charge in [-0.25, -0.2) is 4.98 Å². The second-order valence-electron chi connectivity index (χ2n) is 7.89. The Bertz CT molecular complexity index is 829. The largest absolute Gasteiger partial charge is 0.352 e. The number of carbonyl (C=O) groups excluding carboxylic acids is 1. The van der Waals surface area contributed by atoms with Crippen molar-refractivity contribution in [2.24, 2.45) is 5.92 Å². The average molecular weight is 386 g/mol. The molecular weight excluding hydrogens is 354 g/mol. The van der Waals surface area contributed by atoms with E-state index >= 15 is 0 Å². The van der Waals surface area contributed by atoms with Crippen molar-refractivity contribution in [3.05, 3.63) is 39.4 Å². The molecule has 0 atom stereocenters. The summed E-state index contributed by atoms with van der Waals surface area (Å²) in [5, 5.41) is 6.21. The molecule has 1 amide bonds. The SMILES string of the molecule is Cc1nc(-c2cc(C(=O)NCC(C)C)c(C)n2CCC2=CCCCC2)cs1. The van der Waals surface area contributed by atoms with Crippen LogP contribution in [0.25, 0.3) is 11.4 Å². The van der Waals surface area contributed by atoms with Gasteiger partial charge in [0.2, 0.25) is 0 Å². The summed E-state index contributed by atoms with van der Waals surface area (Å²) in [6.45, 7) is 9.90. The van der Waals surface area contributed by atoms with Gasteiger partial charge in [0.25, 0.3) is 5.91 Å². The van der Waals surface area contributed by atoms with Crippen molar-refractivity contribution in [1.29, 1.82) is 0 Å². The van der Waals surface area contributed by atoms with E-state index < -0.39 is 0 Å². The van der Waals surface area contributed by atoms with E-state index in [0.29, 0.717) is 12.5 Å². The molecule has 1 aliphatic carbocycles. The van der Waals surface area contributed by atoms with Crippen LogP contribution in [0.5, 0.6) is 0 Å². The molecule has 2 aromatic heterocycles. The molecule has 0 aromatic carbocycles. The zero-order valence-electron chi connectivity index (χ0n) is 17.0. The van der Waals surface area contributed by atoms with E-state index in [4.69, 9.17) is 0 Å². The number of aryl methyl sites for hydroxylation is 1. The highest BCUT2D eigenvalue weighted by molar-refractivity contribution is 7.09. The van der Waals surface area contributed by atoms with E-state index in [9.17, 15) is 4.79 Å². The Hall–Kier alpha value is -1.88. The molecule has 2 aromatic rings. The summed E-state index contributed by atoms with van der Waals surface area (Å²) >= 11 is 1.66. The van der Waals surface area contributed by atoms with E-state index in [1.165, 1.54) is 25.7 Å². The molecule has 0 fully saturated rings. The maximum Gasteiger partial charge on any atom is 0.253 e. The van der Waals surface area contributed by atoms with Crippen LogP contribution in [-0.4, -0.2) is 22.0 Å².